The highest BCUT2D eigenvalue weighted by molar-refractivity contribution is 7.98. The second kappa shape index (κ2) is 11.2. The Morgan fingerprint density at radius 2 is 2.08 bits per heavy atom. The lowest BCUT2D eigenvalue weighted by molar-refractivity contribution is -0.144. The standard InChI is InChI=1S/C26H28FN3O4S.CH4/c1-5-33-25(32)19(9-11-35-4)29-22-12-15(8-10-28-22)18-14-21(34-26(18,2)3)23-17-7-6-16(27)13-20(17)30-24(23)31;/h6-8,10,12-14,19H,5,9,11H2,1-4H3,(H,28,29)(H,30,31);1H4/b23-21+;/t19-;/m0./s1. The Bertz CT molecular complexity index is 1230. The highest BCUT2D eigenvalue weighted by atomic mass is 32.2. The van der Waals surface area contributed by atoms with Gasteiger partial charge in [0.2, 0.25) is 0 Å². The van der Waals surface area contributed by atoms with Crippen LogP contribution in [0.15, 0.2) is 48.4 Å². The molecule has 2 aliphatic heterocycles. The van der Waals surface area contributed by atoms with Gasteiger partial charge in [0.1, 0.15) is 29.0 Å². The Kier molecular flexibility index (Phi) is 8.45. The smallest absolute Gasteiger partial charge is 0.328 e. The van der Waals surface area contributed by atoms with Crippen LogP contribution in [0.3, 0.4) is 0 Å². The number of rotatable bonds is 8. The van der Waals surface area contributed by atoms with Crippen molar-refractivity contribution in [1.29, 1.82) is 0 Å². The van der Waals surface area contributed by atoms with Gasteiger partial charge in [0, 0.05) is 17.3 Å². The number of carbonyl (C=O) groups is 2. The van der Waals surface area contributed by atoms with Gasteiger partial charge in [0.15, 0.2) is 0 Å². The molecule has 3 heterocycles. The lowest BCUT2D eigenvalue weighted by Gasteiger charge is -2.24. The molecule has 0 bridgehead atoms. The maximum atomic E-state index is 13.6. The van der Waals surface area contributed by atoms with Crippen LogP contribution < -0.4 is 10.6 Å². The number of pyridine rings is 1. The van der Waals surface area contributed by atoms with E-state index in [0.29, 0.717) is 41.4 Å². The third-order valence-corrected chi connectivity index (χ3v) is 6.48. The van der Waals surface area contributed by atoms with Gasteiger partial charge in [-0.2, -0.15) is 11.8 Å². The SMILES string of the molecule is C.CCOC(=O)[C@H](CCSC)Nc1cc(C2=C/C(=C3\C(=O)Nc4cc(F)ccc43)OC2(C)C)ccn1. The number of anilines is 2. The monoisotopic (exact) mass is 513 g/mol. The lowest BCUT2D eigenvalue weighted by atomic mass is 9.92. The summed E-state index contributed by atoms with van der Waals surface area (Å²) in [7, 11) is 0. The summed E-state index contributed by atoms with van der Waals surface area (Å²) in [4.78, 5) is 29.5. The zero-order valence-corrected chi connectivity index (χ0v) is 20.9. The minimum absolute atomic E-state index is 0. The van der Waals surface area contributed by atoms with E-state index in [1.54, 1.807) is 30.9 Å². The molecule has 0 saturated heterocycles. The highest BCUT2D eigenvalue weighted by Gasteiger charge is 2.38. The predicted octanol–water partition coefficient (Wildman–Crippen LogP) is 5.51. The zero-order chi connectivity index (χ0) is 25.2. The largest absolute Gasteiger partial charge is 0.482 e. The molecule has 1 aromatic heterocycles. The first-order valence-corrected chi connectivity index (χ1v) is 12.8. The van der Waals surface area contributed by atoms with E-state index >= 15 is 0 Å². The molecule has 0 aliphatic carbocycles. The average molecular weight is 514 g/mol. The second-order valence-electron chi connectivity index (χ2n) is 8.71. The topological polar surface area (TPSA) is 89.5 Å². The number of nitrogens with one attached hydrogen (secondary N) is 2. The molecule has 2 aliphatic rings. The van der Waals surface area contributed by atoms with E-state index in [1.165, 1.54) is 12.1 Å². The number of allylic oxidation sites excluding steroid dienone is 1. The van der Waals surface area contributed by atoms with Crippen LogP contribution in [-0.4, -0.2) is 47.1 Å². The number of fused-ring (bicyclic) bond motifs is 1. The average Bonchev–Trinajstić information content (AvgIpc) is 3.30. The fourth-order valence-corrected chi connectivity index (χ4v) is 4.66. The Hall–Kier alpha value is -3.33. The van der Waals surface area contributed by atoms with Crippen molar-refractivity contribution in [3.8, 4) is 0 Å². The van der Waals surface area contributed by atoms with Crippen LogP contribution in [0.4, 0.5) is 15.9 Å². The van der Waals surface area contributed by atoms with Gasteiger partial charge in [-0.15, -0.1) is 0 Å². The molecular formula is C27H32FN3O4S. The number of nitrogens with zero attached hydrogens (tertiary/aromatic N) is 1. The van der Waals surface area contributed by atoms with E-state index in [4.69, 9.17) is 9.47 Å². The van der Waals surface area contributed by atoms with Crippen LogP contribution in [0.2, 0.25) is 0 Å². The summed E-state index contributed by atoms with van der Waals surface area (Å²) in [6.07, 6.45) is 6.09. The van der Waals surface area contributed by atoms with Gasteiger partial charge in [-0.1, -0.05) is 7.43 Å². The molecule has 0 fully saturated rings. The molecule has 2 N–H and O–H groups in total. The van der Waals surface area contributed by atoms with E-state index in [0.717, 1.165) is 16.9 Å². The molecule has 0 spiro atoms. The van der Waals surface area contributed by atoms with E-state index < -0.39 is 17.5 Å². The van der Waals surface area contributed by atoms with E-state index in [2.05, 4.69) is 15.6 Å². The number of aromatic nitrogens is 1. The summed E-state index contributed by atoms with van der Waals surface area (Å²) < 4.78 is 25.1. The Balaban J connectivity index is 0.00000361. The van der Waals surface area contributed by atoms with Crippen molar-refractivity contribution in [3.05, 3.63) is 65.3 Å². The minimum atomic E-state index is -0.733. The van der Waals surface area contributed by atoms with Crippen molar-refractivity contribution < 1.29 is 23.5 Å². The molecule has 9 heteroatoms. The number of amides is 1. The molecule has 7 nitrogen and oxygen atoms in total. The quantitative estimate of drug-likeness (QED) is 0.355. The summed E-state index contributed by atoms with van der Waals surface area (Å²) in [5.41, 5.74) is 2.35. The number of hydrogen-bond donors (Lipinski definition) is 2. The fourth-order valence-electron chi connectivity index (χ4n) is 4.19. The first-order valence-electron chi connectivity index (χ1n) is 11.4. The third kappa shape index (κ3) is 5.56. The Morgan fingerprint density at radius 1 is 1.31 bits per heavy atom. The van der Waals surface area contributed by atoms with Gasteiger partial charge in [-0.05, 0) is 81.2 Å². The number of halogens is 1. The maximum absolute atomic E-state index is 13.6. The second-order valence-corrected chi connectivity index (χ2v) is 9.70. The fraction of sp³-hybridized carbons (Fsp3) is 0.370. The Labute approximate surface area is 215 Å². The molecule has 192 valence electrons. The first kappa shape index (κ1) is 27.3. The molecular weight excluding hydrogens is 481 g/mol. The number of carbonyl (C=O) groups excluding carboxylic acids is 2. The van der Waals surface area contributed by atoms with Crippen LogP contribution in [0.1, 0.15) is 45.7 Å². The van der Waals surface area contributed by atoms with Crippen molar-refractivity contribution in [3.63, 3.8) is 0 Å². The van der Waals surface area contributed by atoms with Gasteiger partial charge in [0.25, 0.3) is 5.91 Å². The summed E-state index contributed by atoms with van der Waals surface area (Å²) >= 11 is 1.66. The zero-order valence-electron chi connectivity index (χ0n) is 20.1. The van der Waals surface area contributed by atoms with Crippen LogP contribution in [0.5, 0.6) is 0 Å². The molecule has 0 unspecified atom stereocenters. The molecule has 1 atom stereocenters. The number of ether oxygens (including phenoxy) is 2. The number of hydrogen-bond acceptors (Lipinski definition) is 7. The molecule has 0 radical (unpaired) electrons. The molecule has 1 amide bonds. The van der Waals surface area contributed by atoms with Crippen LogP contribution in [0.25, 0.3) is 11.1 Å². The van der Waals surface area contributed by atoms with E-state index in [-0.39, 0.29) is 19.3 Å². The number of benzene rings is 1. The predicted molar refractivity (Wildman–Crippen MR) is 143 cm³/mol. The van der Waals surface area contributed by atoms with E-state index in [1.807, 2.05) is 38.3 Å². The summed E-state index contributed by atoms with van der Waals surface area (Å²) in [5, 5.41) is 5.91. The summed E-state index contributed by atoms with van der Waals surface area (Å²) in [6.45, 7) is 5.92. The van der Waals surface area contributed by atoms with Crippen molar-refractivity contribution in [1.82, 2.24) is 4.98 Å². The Morgan fingerprint density at radius 3 is 2.81 bits per heavy atom. The minimum Gasteiger partial charge on any atom is -0.482 e. The van der Waals surface area contributed by atoms with Crippen LogP contribution in [0, 0.1) is 5.82 Å². The summed E-state index contributed by atoms with van der Waals surface area (Å²) in [6, 6.07) is 7.39. The molecule has 4 rings (SSSR count). The molecule has 36 heavy (non-hydrogen) atoms. The van der Waals surface area contributed by atoms with Gasteiger partial charge in [-0.3, -0.25) is 4.79 Å². The summed E-state index contributed by atoms with van der Waals surface area (Å²) in [5.74, 6) is 0.688. The highest BCUT2D eigenvalue weighted by Crippen LogP contribution is 2.44. The molecule has 2 aromatic rings. The first-order chi connectivity index (χ1) is 16.7. The van der Waals surface area contributed by atoms with Gasteiger partial charge < -0.3 is 20.1 Å². The van der Waals surface area contributed by atoms with Gasteiger partial charge in [-0.25, -0.2) is 14.2 Å². The van der Waals surface area contributed by atoms with Gasteiger partial charge >= 0.3 is 5.97 Å². The third-order valence-electron chi connectivity index (χ3n) is 5.84. The van der Waals surface area contributed by atoms with Crippen LogP contribution in [-0.2, 0) is 19.1 Å². The molecule has 1 aromatic carbocycles. The number of esters is 1. The van der Waals surface area contributed by atoms with Gasteiger partial charge in [0.05, 0.1) is 17.9 Å². The van der Waals surface area contributed by atoms with Crippen LogP contribution >= 0.6 is 11.8 Å². The normalized spacial score (nSPS) is 18.4. The van der Waals surface area contributed by atoms with Crippen molar-refractivity contribution in [2.24, 2.45) is 0 Å². The van der Waals surface area contributed by atoms with Crippen molar-refractivity contribution in [2.75, 3.05) is 29.2 Å². The molecule has 0 saturated carbocycles. The number of thioether (sulfide) groups is 1. The van der Waals surface area contributed by atoms with Crippen molar-refractivity contribution in [2.45, 2.75) is 46.3 Å². The maximum Gasteiger partial charge on any atom is 0.328 e. The van der Waals surface area contributed by atoms with Crippen molar-refractivity contribution >= 4 is 46.3 Å². The lowest BCUT2D eigenvalue weighted by Crippen LogP contribution is -2.32. The van der Waals surface area contributed by atoms with E-state index in [9.17, 15) is 14.0 Å².